The van der Waals surface area contributed by atoms with Crippen LogP contribution in [0.15, 0.2) is 109 Å². The molecule has 6 heteroatoms. The van der Waals surface area contributed by atoms with E-state index in [9.17, 15) is 14.4 Å². The van der Waals surface area contributed by atoms with Gasteiger partial charge in [0.15, 0.2) is 6.10 Å². The molecule has 0 spiro atoms. The van der Waals surface area contributed by atoms with Crippen molar-refractivity contribution in [3.63, 3.8) is 0 Å². The molecule has 0 aromatic rings. The van der Waals surface area contributed by atoms with Crippen molar-refractivity contribution in [2.75, 3.05) is 13.2 Å². The molecular weight excluding hydrogens is 973 g/mol. The van der Waals surface area contributed by atoms with E-state index in [1.54, 1.807) is 0 Å². The number of carbonyl (C=O) groups is 3. The summed E-state index contributed by atoms with van der Waals surface area (Å²) in [6, 6.07) is 0. The summed E-state index contributed by atoms with van der Waals surface area (Å²) in [4.78, 5) is 38.4. The van der Waals surface area contributed by atoms with Gasteiger partial charge in [0.25, 0.3) is 0 Å². The number of rotatable bonds is 60. The molecule has 0 aliphatic rings. The lowest BCUT2D eigenvalue weighted by Gasteiger charge is -2.18. The van der Waals surface area contributed by atoms with Crippen molar-refractivity contribution in [2.24, 2.45) is 0 Å². The third-order valence-corrected chi connectivity index (χ3v) is 14.2. The van der Waals surface area contributed by atoms with E-state index in [-0.39, 0.29) is 37.5 Å². The number of carbonyl (C=O) groups excluding carboxylic acids is 3. The molecule has 0 aromatic carbocycles. The van der Waals surface area contributed by atoms with Crippen LogP contribution in [0.1, 0.15) is 316 Å². The molecule has 0 aromatic heterocycles. The highest BCUT2D eigenvalue weighted by atomic mass is 16.6. The van der Waals surface area contributed by atoms with Gasteiger partial charge in [-0.3, -0.25) is 14.4 Å². The van der Waals surface area contributed by atoms with Crippen LogP contribution >= 0.6 is 0 Å². The largest absolute Gasteiger partial charge is 0.462 e. The Balaban J connectivity index is 4.45. The molecule has 452 valence electrons. The fraction of sp³-hybridized carbons (Fsp3) is 0.712. The maximum Gasteiger partial charge on any atom is 0.306 e. The number of esters is 3. The van der Waals surface area contributed by atoms with Crippen LogP contribution in [-0.2, 0) is 28.6 Å². The molecule has 1 atom stereocenters. The Morgan fingerprint density at radius 2 is 0.494 bits per heavy atom. The lowest BCUT2D eigenvalue weighted by atomic mass is 10.0. The first-order valence-electron chi connectivity index (χ1n) is 33.4. The van der Waals surface area contributed by atoms with Gasteiger partial charge in [-0.25, -0.2) is 0 Å². The van der Waals surface area contributed by atoms with E-state index in [1.165, 1.54) is 173 Å². The van der Waals surface area contributed by atoms with Crippen LogP contribution in [0.3, 0.4) is 0 Å². The average Bonchev–Trinajstić information content (AvgIpc) is 3.45. The average molecular weight is 1100 g/mol. The van der Waals surface area contributed by atoms with Crippen LogP contribution in [-0.4, -0.2) is 37.2 Å². The first-order chi connectivity index (χ1) is 39.0. The zero-order chi connectivity index (χ0) is 57.1. The SMILES string of the molecule is CC/C=C\C/C=C\C/C=C\C/C=C\C/C=C\C/C=C\CCCCC(=O)OC(COC(=O)CCCCCCCCC/C=C\CCCCCCCC)COC(=O)CCCCCCCCCCCCC/C=C\C/C=C\CCCCCCC. The number of hydrogen-bond acceptors (Lipinski definition) is 6. The molecule has 6 nitrogen and oxygen atoms in total. The van der Waals surface area contributed by atoms with E-state index in [1.807, 2.05) is 0 Å². The molecule has 1 unspecified atom stereocenters. The highest BCUT2D eigenvalue weighted by molar-refractivity contribution is 5.71. The summed E-state index contributed by atoms with van der Waals surface area (Å²) < 4.78 is 16.9. The van der Waals surface area contributed by atoms with Crippen LogP contribution in [0.25, 0.3) is 0 Å². The highest BCUT2D eigenvalue weighted by Gasteiger charge is 2.19. The van der Waals surface area contributed by atoms with Gasteiger partial charge < -0.3 is 14.2 Å². The quantitative estimate of drug-likeness (QED) is 0.0261. The third kappa shape index (κ3) is 64.8. The van der Waals surface area contributed by atoms with Crippen molar-refractivity contribution in [1.29, 1.82) is 0 Å². The number of hydrogen-bond donors (Lipinski definition) is 0. The number of allylic oxidation sites excluding steroid dienone is 18. The van der Waals surface area contributed by atoms with Crippen molar-refractivity contribution in [3.05, 3.63) is 109 Å². The van der Waals surface area contributed by atoms with Crippen molar-refractivity contribution in [1.82, 2.24) is 0 Å². The van der Waals surface area contributed by atoms with Gasteiger partial charge in [-0.05, 0) is 128 Å². The van der Waals surface area contributed by atoms with Crippen LogP contribution in [0.2, 0.25) is 0 Å². The monoisotopic (exact) mass is 1100 g/mol. The minimum Gasteiger partial charge on any atom is -0.462 e. The van der Waals surface area contributed by atoms with Gasteiger partial charge in [-0.15, -0.1) is 0 Å². The fourth-order valence-corrected chi connectivity index (χ4v) is 9.24. The molecule has 0 rings (SSSR count). The second kappa shape index (κ2) is 66.6. The summed E-state index contributed by atoms with van der Waals surface area (Å²) >= 11 is 0. The van der Waals surface area contributed by atoms with Gasteiger partial charge >= 0.3 is 17.9 Å². The summed E-state index contributed by atoms with van der Waals surface area (Å²) in [7, 11) is 0. The maximum atomic E-state index is 12.9. The number of ether oxygens (including phenoxy) is 3. The second-order valence-electron chi connectivity index (χ2n) is 22.0. The van der Waals surface area contributed by atoms with E-state index in [4.69, 9.17) is 14.2 Å². The van der Waals surface area contributed by atoms with E-state index in [0.717, 1.165) is 96.3 Å². The standard InChI is InChI=1S/C73H124O6/c1-4-7-10-13-16-19-22-25-28-31-33-35-36-38-39-42-45-48-51-54-57-60-63-66-72(75)78-69-70(68-77-71(74)65-62-59-56-53-50-47-44-41-30-27-24-21-18-15-12-9-6-3)79-73(76)67-64-61-58-55-52-49-46-43-40-37-34-32-29-26-23-20-17-14-11-8-5-2/h8,11,17,20,22,25-27,29-31,33-34,37,43,46,52,55,70H,4-7,9-10,12-16,18-19,21,23-24,28,32,35-36,38-42,44-45,47-51,53-54,56-69H2,1-3H3/b11-8-,20-17-,25-22-,29-26-,30-27-,33-31-,37-34-,46-43-,55-52-. The molecule has 0 fully saturated rings. The van der Waals surface area contributed by atoms with Crippen LogP contribution in [0.5, 0.6) is 0 Å². The summed E-state index contributed by atoms with van der Waals surface area (Å²) in [6.07, 6.45) is 91.0. The Morgan fingerprint density at radius 1 is 0.266 bits per heavy atom. The molecule has 0 N–H and O–H groups in total. The van der Waals surface area contributed by atoms with Gasteiger partial charge in [0.2, 0.25) is 0 Å². The summed E-state index contributed by atoms with van der Waals surface area (Å²) in [5.41, 5.74) is 0. The zero-order valence-corrected chi connectivity index (χ0v) is 51.9. The smallest absolute Gasteiger partial charge is 0.306 e. The molecule has 0 saturated heterocycles. The van der Waals surface area contributed by atoms with Crippen LogP contribution in [0, 0.1) is 0 Å². The predicted molar refractivity (Wildman–Crippen MR) is 343 cm³/mol. The Bertz CT molecular complexity index is 1590. The Hall–Kier alpha value is -3.93. The summed E-state index contributed by atoms with van der Waals surface area (Å²) in [6.45, 7) is 6.50. The van der Waals surface area contributed by atoms with E-state index < -0.39 is 6.10 Å². The minimum atomic E-state index is -0.807. The molecule has 0 aliphatic carbocycles. The minimum absolute atomic E-state index is 0.0983. The van der Waals surface area contributed by atoms with Crippen molar-refractivity contribution in [2.45, 2.75) is 322 Å². The second-order valence-corrected chi connectivity index (χ2v) is 22.0. The molecule has 0 bridgehead atoms. The molecule has 0 saturated carbocycles. The Labute approximate surface area is 489 Å². The topological polar surface area (TPSA) is 78.9 Å². The normalized spacial score (nSPS) is 12.8. The van der Waals surface area contributed by atoms with Crippen molar-refractivity contribution >= 4 is 17.9 Å². The molecular formula is C73H124O6. The van der Waals surface area contributed by atoms with Gasteiger partial charge in [0, 0.05) is 19.3 Å². The van der Waals surface area contributed by atoms with Crippen molar-refractivity contribution < 1.29 is 28.6 Å². The molecule has 0 amide bonds. The zero-order valence-electron chi connectivity index (χ0n) is 51.9. The third-order valence-electron chi connectivity index (χ3n) is 14.2. The predicted octanol–water partition coefficient (Wildman–Crippen LogP) is 23.0. The number of unbranched alkanes of at least 4 members (excludes halogenated alkanes) is 31. The molecule has 0 radical (unpaired) electrons. The van der Waals surface area contributed by atoms with E-state index in [0.29, 0.717) is 19.3 Å². The fourth-order valence-electron chi connectivity index (χ4n) is 9.24. The lowest BCUT2D eigenvalue weighted by molar-refractivity contribution is -0.167. The van der Waals surface area contributed by atoms with Crippen LogP contribution < -0.4 is 0 Å². The first-order valence-corrected chi connectivity index (χ1v) is 33.4. The first kappa shape index (κ1) is 75.1. The Morgan fingerprint density at radius 3 is 0.810 bits per heavy atom. The van der Waals surface area contributed by atoms with E-state index >= 15 is 0 Å². The van der Waals surface area contributed by atoms with Gasteiger partial charge in [-0.2, -0.15) is 0 Å². The van der Waals surface area contributed by atoms with Gasteiger partial charge in [-0.1, -0.05) is 278 Å². The molecule has 79 heavy (non-hydrogen) atoms. The highest BCUT2D eigenvalue weighted by Crippen LogP contribution is 2.16. The van der Waals surface area contributed by atoms with E-state index in [2.05, 4.69) is 130 Å². The maximum absolute atomic E-state index is 12.9. The lowest BCUT2D eigenvalue weighted by Crippen LogP contribution is -2.30. The molecule has 0 aliphatic heterocycles. The summed E-state index contributed by atoms with van der Waals surface area (Å²) in [5.74, 6) is -0.939. The Kier molecular flexibility index (Phi) is 63.3. The van der Waals surface area contributed by atoms with Crippen LogP contribution in [0.4, 0.5) is 0 Å². The van der Waals surface area contributed by atoms with Gasteiger partial charge in [0.05, 0.1) is 0 Å². The van der Waals surface area contributed by atoms with Gasteiger partial charge in [0.1, 0.15) is 13.2 Å². The molecule has 0 heterocycles. The summed E-state index contributed by atoms with van der Waals surface area (Å²) in [5, 5.41) is 0. The van der Waals surface area contributed by atoms with Crippen molar-refractivity contribution in [3.8, 4) is 0 Å².